The van der Waals surface area contributed by atoms with Crippen LogP contribution in [0.5, 0.6) is 0 Å². The SMILES string of the molecule is CCc1nccn1CCCCC(C)(NC(C)C)C(N)=O. The van der Waals surface area contributed by atoms with Crippen LogP contribution in [-0.2, 0) is 17.8 Å². The summed E-state index contributed by atoms with van der Waals surface area (Å²) in [6.07, 6.45) is 7.54. The minimum absolute atomic E-state index is 0.243. The molecule has 0 radical (unpaired) electrons. The number of carbonyl (C=O) groups excluding carboxylic acids is 1. The number of unbranched alkanes of at least 4 members (excludes halogenated alkanes) is 1. The van der Waals surface area contributed by atoms with E-state index in [9.17, 15) is 4.79 Å². The van der Waals surface area contributed by atoms with Gasteiger partial charge in [-0.1, -0.05) is 6.92 Å². The Bertz CT molecular complexity index is 427. The highest BCUT2D eigenvalue weighted by Crippen LogP contribution is 2.15. The second-order valence-corrected chi connectivity index (χ2v) is 5.84. The summed E-state index contributed by atoms with van der Waals surface area (Å²) in [6, 6.07) is 0.243. The van der Waals surface area contributed by atoms with Crippen LogP contribution in [0.1, 0.15) is 52.8 Å². The van der Waals surface area contributed by atoms with Crippen LogP contribution in [-0.4, -0.2) is 27.0 Å². The minimum Gasteiger partial charge on any atom is -0.368 e. The normalized spacial score (nSPS) is 14.4. The summed E-state index contributed by atoms with van der Waals surface area (Å²) in [5.74, 6) is 0.839. The highest BCUT2D eigenvalue weighted by atomic mass is 16.1. The second kappa shape index (κ2) is 7.43. The van der Waals surface area contributed by atoms with Crippen LogP contribution < -0.4 is 11.1 Å². The van der Waals surface area contributed by atoms with Gasteiger partial charge in [0.15, 0.2) is 0 Å². The van der Waals surface area contributed by atoms with E-state index in [1.165, 1.54) is 0 Å². The molecule has 1 aromatic rings. The number of rotatable bonds is 9. The number of amides is 1. The lowest BCUT2D eigenvalue weighted by atomic mass is 9.93. The van der Waals surface area contributed by atoms with Crippen LogP contribution in [0.4, 0.5) is 0 Å². The largest absolute Gasteiger partial charge is 0.368 e. The van der Waals surface area contributed by atoms with Gasteiger partial charge >= 0.3 is 0 Å². The van der Waals surface area contributed by atoms with E-state index in [-0.39, 0.29) is 11.9 Å². The third-order valence-electron chi connectivity index (χ3n) is 3.59. The smallest absolute Gasteiger partial charge is 0.237 e. The Morgan fingerprint density at radius 2 is 2.20 bits per heavy atom. The summed E-state index contributed by atoms with van der Waals surface area (Å²) in [5.41, 5.74) is 4.91. The van der Waals surface area contributed by atoms with E-state index in [1.54, 1.807) is 0 Å². The molecule has 1 amide bonds. The summed E-state index contributed by atoms with van der Waals surface area (Å²) >= 11 is 0. The Labute approximate surface area is 122 Å². The third kappa shape index (κ3) is 4.63. The number of nitrogens with two attached hydrogens (primary N) is 1. The van der Waals surface area contributed by atoms with Gasteiger partial charge in [0, 0.05) is 31.4 Å². The lowest BCUT2D eigenvalue weighted by Crippen LogP contribution is -2.55. The van der Waals surface area contributed by atoms with Gasteiger partial charge in [0.05, 0.1) is 5.54 Å². The standard InChI is InChI=1S/C15H28N4O/c1-5-13-17-9-11-19(13)10-7-6-8-15(4,14(16)20)18-12(2)3/h9,11-12,18H,5-8,10H2,1-4H3,(H2,16,20). The summed E-state index contributed by atoms with van der Waals surface area (Å²) in [6.45, 7) is 9.00. The molecular weight excluding hydrogens is 252 g/mol. The zero-order valence-electron chi connectivity index (χ0n) is 13.1. The summed E-state index contributed by atoms with van der Waals surface area (Å²) in [4.78, 5) is 15.9. The fourth-order valence-electron chi connectivity index (χ4n) is 2.52. The van der Waals surface area contributed by atoms with E-state index in [0.717, 1.165) is 38.1 Å². The van der Waals surface area contributed by atoms with Gasteiger partial charge in [-0.05, 0) is 40.0 Å². The summed E-state index contributed by atoms with van der Waals surface area (Å²) in [5, 5.41) is 3.28. The molecule has 0 aliphatic rings. The third-order valence-corrected chi connectivity index (χ3v) is 3.59. The maximum absolute atomic E-state index is 11.6. The quantitative estimate of drug-likeness (QED) is 0.678. The van der Waals surface area contributed by atoms with Crippen molar-refractivity contribution in [3.63, 3.8) is 0 Å². The molecule has 3 N–H and O–H groups in total. The molecule has 1 unspecified atom stereocenters. The number of aryl methyl sites for hydroxylation is 2. The van der Waals surface area contributed by atoms with E-state index >= 15 is 0 Å². The van der Waals surface area contributed by atoms with E-state index in [1.807, 2.05) is 33.2 Å². The summed E-state index contributed by atoms with van der Waals surface area (Å²) < 4.78 is 2.18. The van der Waals surface area contributed by atoms with Gasteiger partial charge < -0.3 is 15.6 Å². The zero-order valence-corrected chi connectivity index (χ0v) is 13.1. The van der Waals surface area contributed by atoms with E-state index in [4.69, 9.17) is 5.73 Å². The first-order valence-electron chi connectivity index (χ1n) is 7.46. The van der Waals surface area contributed by atoms with Crippen molar-refractivity contribution in [3.05, 3.63) is 18.2 Å². The Morgan fingerprint density at radius 3 is 2.75 bits per heavy atom. The molecule has 1 rings (SSSR count). The van der Waals surface area contributed by atoms with Crippen molar-refractivity contribution in [1.82, 2.24) is 14.9 Å². The van der Waals surface area contributed by atoms with Crippen molar-refractivity contribution in [1.29, 1.82) is 0 Å². The Kier molecular flexibility index (Phi) is 6.20. The van der Waals surface area contributed by atoms with Crippen LogP contribution in [0.3, 0.4) is 0 Å². The topological polar surface area (TPSA) is 72.9 Å². The number of nitrogens with zero attached hydrogens (tertiary/aromatic N) is 2. The molecule has 1 heterocycles. The molecule has 1 atom stereocenters. The Balaban J connectivity index is 2.43. The van der Waals surface area contributed by atoms with Crippen LogP contribution in [0.2, 0.25) is 0 Å². The van der Waals surface area contributed by atoms with Gasteiger partial charge in [0.2, 0.25) is 5.91 Å². The maximum atomic E-state index is 11.6. The monoisotopic (exact) mass is 280 g/mol. The maximum Gasteiger partial charge on any atom is 0.237 e. The first kappa shape index (κ1) is 16.7. The first-order valence-corrected chi connectivity index (χ1v) is 7.46. The fourth-order valence-corrected chi connectivity index (χ4v) is 2.52. The van der Waals surface area contributed by atoms with E-state index < -0.39 is 5.54 Å². The molecule has 5 nitrogen and oxygen atoms in total. The van der Waals surface area contributed by atoms with Crippen molar-refractivity contribution in [2.75, 3.05) is 0 Å². The number of aromatic nitrogens is 2. The molecule has 0 bridgehead atoms. The van der Waals surface area contributed by atoms with Gasteiger partial charge in [0.1, 0.15) is 5.82 Å². The molecule has 0 saturated heterocycles. The molecule has 0 spiro atoms. The number of carbonyl (C=O) groups is 1. The van der Waals surface area contributed by atoms with Crippen molar-refractivity contribution < 1.29 is 4.79 Å². The molecule has 5 heteroatoms. The predicted molar refractivity (Wildman–Crippen MR) is 81.3 cm³/mol. The molecule has 0 saturated carbocycles. The molecule has 0 fully saturated rings. The first-order chi connectivity index (χ1) is 9.39. The van der Waals surface area contributed by atoms with Crippen molar-refractivity contribution in [3.8, 4) is 0 Å². The molecule has 0 aliphatic carbocycles. The van der Waals surface area contributed by atoms with Crippen molar-refractivity contribution in [2.24, 2.45) is 5.73 Å². The van der Waals surface area contributed by atoms with Crippen LogP contribution in [0.15, 0.2) is 12.4 Å². The van der Waals surface area contributed by atoms with Crippen molar-refractivity contribution in [2.45, 2.75) is 71.5 Å². The summed E-state index contributed by atoms with van der Waals surface area (Å²) in [7, 11) is 0. The van der Waals surface area contributed by atoms with E-state index in [0.29, 0.717) is 0 Å². The molecule has 114 valence electrons. The number of primary amides is 1. The van der Waals surface area contributed by atoms with Gasteiger partial charge in [-0.2, -0.15) is 0 Å². The minimum atomic E-state index is -0.614. The average molecular weight is 280 g/mol. The Hall–Kier alpha value is -1.36. The van der Waals surface area contributed by atoms with Gasteiger partial charge in [-0.15, -0.1) is 0 Å². The Morgan fingerprint density at radius 1 is 1.50 bits per heavy atom. The number of imidazole rings is 1. The second-order valence-electron chi connectivity index (χ2n) is 5.84. The lowest BCUT2D eigenvalue weighted by Gasteiger charge is -2.30. The van der Waals surface area contributed by atoms with Crippen LogP contribution >= 0.6 is 0 Å². The highest BCUT2D eigenvalue weighted by molar-refractivity contribution is 5.84. The predicted octanol–water partition coefficient (Wildman–Crippen LogP) is 1.86. The molecule has 0 aromatic carbocycles. The lowest BCUT2D eigenvalue weighted by molar-refractivity contribution is -0.124. The van der Waals surface area contributed by atoms with Gasteiger partial charge in [-0.3, -0.25) is 4.79 Å². The van der Waals surface area contributed by atoms with E-state index in [2.05, 4.69) is 21.8 Å². The number of hydrogen-bond donors (Lipinski definition) is 2. The molecular formula is C15H28N4O. The van der Waals surface area contributed by atoms with Gasteiger partial charge in [0.25, 0.3) is 0 Å². The van der Waals surface area contributed by atoms with Crippen molar-refractivity contribution >= 4 is 5.91 Å². The molecule has 20 heavy (non-hydrogen) atoms. The average Bonchev–Trinajstić information content (AvgIpc) is 2.81. The molecule has 1 aromatic heterocycles. The number of nitrogens with one attached hydrogen (secondary N) is 1. The fraction of sp³-hybridized carbons (Fsp3) is 0.733. The van der Waals surface area contributed by atoms with Crippen LogP contribution in [0, 0.1) is 0 Å². The zero-order chi connectivity index (χ0) is 15.2. The van der Waals surface area contributed by atoms with Crippen LogP contribution in [0.25, 0.3) is 0 Å². The molecule has 0 aliphatic heterocycles. The van der Waals surface area contributed by atoms with Gasteiger partial charge in [-0.25, -0.2) is 4.98 Å². The number of hydrogen-bond acceptors (Lipinski definition) is 3. The highest BCUT2D eigenvalue weighted by Gasteiger charge is 2.30.